The summed E-state index contributed by atoms with van der Waals surface area (Å²) in [4.78, 5) is 4.04. The van der Waals surface area contributed by atoms with Crippen molar-refractivity contribution < 1.29 is 13.5 Å². The molecule has 2 aromatic carbocycles. The molecular formula is C15H11F2NOS. The van der Waals surface area contributed by atoms with Crippen LogP contribution in [0.2, 0.25) is 0 Å². The highest BCUT2D eigenvalue weighted by molar-refractivity contribution is 7.18. The number of hydrogen-bond acceptors (Lipinski definition) is 3. The number of rotatable bonds is 3. The van der Waals surface area contributed by atoms with Crippen LogP contribution in [-0.2, 0) is 5.92 Å². The molecule has 0 radical (unpaired) electrons. The van der Waals surface area contributed by atoms with Crippen molar-refractivity contribution in [3.05, 3.63) is 59.1 Å². The maximum absolute atomic E-state index is 14.5. The van der Waals surface area contributed by atoms with Gasteiger partial charge in [-0.1, -0.05) is 12.1 Å². The molecule has 3 rings (SSSR count). The fourth-order valence-electron chi connectivity index (χ4n) is 1.93. The van der Waals surface area contributed by atoms with Gasteiger partial charge in [0.15, 0.2) is 5.01 Å². The summed E-state index contributed by atoms with van der Waals surface area (Å²) in [5.41, 5.74) is 0.512. The van der Waals surface area contributed by atoms with E-state index in [1.807, 2.05) is 6.07 Å². The SMILES string of the molecule is COc1ccc(C(F)(F)c2nc3ccccc3s2)cc1. The van der Waals surface area contributed by atoms with Crippen molar-refractivity contribution in [3.8, 4) is 5.75 Å². The molecule has 0 atom stereocenters. The van der Waals surface area contributed by atoms with E-state index in [0.717, 1.165) is 16.0 Å². The van der Waals surface area contributed by atoms with Crippen molar-refractivity contribution in [1.82, 2.24) is 4.98 Å². The van der Waals surface area contributed by atoms with Gasteiger partial charge >= 0.3 is 5.92 Å². The number of benzene rings is 2. The van der Waals surface area contributed by atoms with Crippen LogP contribution >= 0.6 is 11.3 Å². The molecule has 0 fully saturated rings. The molecule has 0 unspecified atom stereocenters. The van der Waals surface area contributed by atoms with Gasteiger partial charge in [0.25, 0.3) is 0 Å². The van der Waals surface area contributed by atoms with Crippen molar-refractivity contribution in [1.29, 1.82) is 0 Å². The lowest BCUT2D eigenvalue weighted by atomic mass is 10.1. The first kappa shape index (κ1) is 13.0. The van der Waals surface area contributed by atoms with Gasteiger partial charge in [-0.05, 0) is 36.4 Å². The molecule has 0 aliphatic rings. The minimum absolute atomic E-state index is 0.0858. The van der Waals surface area contributed by atoms with Gasteiger partial charge in [0.1, 0.15) is 5.75 Å². The average Bonchev–Trinajstić information content (AvgIpc) is 2.92. The van der Waals surface area contributed by atoms with E-state index in [-0.39, 0.29) is 10.6 Å². The summed E-state index contributed by atoms with van der Waals surface area (Å²) in [7, 11) is 1.50. The van der Waals surface area contributed by atoms with E-state index in [1.165, 1.54) is 31.4 Å². The Balaban J connectivity index is 2.04. The summed E-state index contributed by atoms with van der Waals surface area (Å²) >= 11 is 1.02. The third-order valence-electron chi connectivity index (χ3n) is 3.02. The quantitative estimate of drug-likeness (QED) is 0.711. The fourth-order valence-corrected chi connectivity index (χ4v) is 2.89. The van der Waals surface area contributed by atoms with Gasteiger partial charge in [0.05, 0.1) is 17.3 Å². The maximum Gasteiger partial charge on any atom is 0.324 e. The van der Waals surface area contributed by atoms with Gasteiger partial charge in [0, 0.05) is 5.56 Å². The number of aromatic nitrogens is 1. The molecule has 0 N–H and O–H groups in total. The van der Waals surface area contributed by atoms with Crippen LogP contribution in [0.4, 0.5) is 8.78 Å². The zero-order chi connectivity index (χ0) is 14.2. The van der Waals surface area contributed by atoms with Crippen LogP contribution in [0.5, 0.6) is 5.75 Å². The minimum atomic E-state index is -3.10. The van der Waals surface area contributed by atoms with E-state index >= 15 is 0 Å². The van der Waals surface area contributed by atoms with Crippen LogP contribution in [0.25, 0.3) is 10.2 Å². The summed E-state index contributed by atoms with van der Waals surface area (Å²) in [6.45, 7) is 0. The van der Waals surface area contributed by atoms with E-state index in [2.05, 4.69) is 4.98 Å². The van der Waals surface area contributed by atoms with Crippen LogP contribution in [0.3, 0.4) is 0 Å². The van der Waals surface area contributed by atoms with Crippen LogP contribution in [0.15, 0.2) is 48.5 Å². The second-order valence-corrected chi connectivity index (χ2v) is 5.32. The summed E-state index contributed by atoms with van der Waals surface area (Å²) < 4.78 is 34.7. The number of thiazole rings is 1. The first-order valence-corrected chi connectivity index (χ1v) is 6.81. The van der Waals surface area contributed by atoms with Gasteiger partial charge in [-0.25, -0.2) is 4.98 Å². The Morgan fingerprint density at radius 1 is 1.05 bits per heavy atom. The molecule has 0 bridgehead atoms. The molecule has 1 heterocycles. The Hall–Kier alpha value is -2.01. The highest BCUT2D eigenvalue weighted by Crippen LogP contribution is 2.40. The Morgan fingerprint density at radius 3 is 2.40 bits per heavy atom. The predicted octanol–water partition coefficient (Wildman–Crippen LogP) is 4.45. The van der Waals surface area contributed by atoms with E-state index in [0.29, 0.717) is 11.3 Å². The van der Waals surface area contributed by atoms with Gasteiger partial charge in [0.2, 0.25) is 0 Å². The molecule has 2 nitrogen and oxygen atoms in total. The van der Waals surface area contributed by atoms with Gasteiger partial charge in [-0.3, -0.25) is 0 Å². The third-order valence-corrected chi connectivity index (χ3v) is 4.12. The number of hydrogen-bond donors (Lipinski definition) is 0. The van der Waals surface area contributed by atoms with Gasteiger partial charge < -0.3 is 4.74 Å². The lowest BCUT2D eigenvalue weighted by Gasteiger charge is -2.14. The second-order valence-electron chi connectivity index (χ2n) is 4.29. The van der Waals surface area contributed by atoms with E-state index < -0.39 is 5.92 Å². The molecule has 0 saturated heterocycles. The monoisotopic (exact) mass is 291 g/mol. The van der Waals surface area contributed by atoms with Crippen molar-refractivity contribution in [2.24, 2.45) is 0 Å². The Morgan fingerprint density at radius 2 is 1.75 bits per heavy atom. The summed E-state index contributed by atoms with van der Waals surface area (Å²) in [5.74, 6) is -2.55. The smallest absolute Gasteiger partial charge is 0.324 e. The topological polar surface area (TPSA) is 22.1 Å². The number of nitrogens with zero attached hydrogens (tertiary/aromatic N) is 1. The van der Waals surface area contributed by atoms with Crippen LogP contribution in [-0.4, -0.2) is 12.1 Å². The molecule has 0 amide bonds. The average molecular weight is 291 g/mol. The normalized spacial score (nSPS) is 11.8. The molecule has 5 heteroatoms. The molecular weight excluding hydrogens is 280 g/mol. The van der Waals surface area contributed by atoms with Crippen LogP contribution < -0.4 is 4.74 Å². The number of alkyl halides is 2. The van der Waals surface area contributed by atoms with Crippen molar-refractivity contribution in [3.63, 3.8) is 0 Å². The van der Waals surface area contributed by atoms with E-state index in [1.54, 1.807) is 18.2 Å². The summed E-state index contributed by atoms with van der Waals surface area (Å²) in [6.07, 6.45) is 0. The maximum atomic E-state index is 14.5. The van der Waals surface area contributed by atoms with Crippen molar-refractivity contribution in [2.75, 3.05) is 7.11 Å². The van der Waals surface area contributed by atoms with Crippen molar-refractivity contribution >= 4 is 21.6 Å². The molecule has 0 saturated carbocycles. The molecule has 0 spiro atoms. The highest BCUT2D eigenvalue weighted by atomic mass is 32.1. The van der Waals surface area contributed by atoms with Crippen molar-refractivity contribution in [2.45, 2.75) is 5.92 Å². The molecule has 1 aromatic heterocycles. The standard InChI is InChI=1S/C15H11F2NOS/c1-19-11-8-6-10(7-9-11)15(16,17)14-18-12-4-2-3-5-13(12)20-14/h2-9H,1H3. The Bertz CT molecular complexity index is 704. The van der Waals surface area contributed by atoms with Gasteiger partial charge in [-0.2, -0.15) is 8.78 Å². The fraction of sp³-hybridized carbons (Fsp3) is 0.133. The third kappa shape index (κ3) is 2.14. The van der Waals surface area contributed by atoms with E-state index in [4.69, 9.17) is 4.74 Å². The minimum Gasteiger partial charge on any atom is -0.497 e. The number of ether oxygens (including phenoxy) is 1. The first-order valence-electron chi connectivity index (χ1n) is 5.99. The largest absolute Gasteiger partial charge is 0.497 e. The Kier molecular flexibility index (Phi) is 3.14. The second kappa shape index (κ2) is 4.83. The molecule has 0 aliphatic heterocycles. The zero-order valence-electron chi connectivity index (χ0n) is 10.6. The number of para-hydroxylation sites is 1. The highest BCUT2D eigenvalue weighted by Gasteiger charge is 2.37. The first-order chi connectivity index (χ1) is 9.61. The number of halogens is 2. The molecule has 0 aliphatic carbocycles. The predicted molar refractivity (Wildman–Crippen MR) is 75.6 cm³/mol. The lowest BCUT2D eigenvalue weighted by molar-refractivity contribution is 0.0427. The molecule has 102 valence electrons. The zero-order valence-corrected chi connectivity index (χ0v) is 11.5. The van der Waals surface area contributed by atoms with E-state index in [9.17, 15) is 8.78 Å². The summed E-state index contributed by atoms with van der Waals surface area (Å²) in [6, 6.07) is 12.9. The van der Waals surface area contributed by atoms with Crippen LogP contribution in [0.1, 0.15) is 10.6 Å². The summed E-state index contributed by atoms with van der Waals surface area (Å²) in [5, 5.41) is -0.191. The number of methoxy groups -OCH3 is 1. The Labute approximate surface area is 118 Å². The molecule has 20 heavy (non-hydrogen) atoms. The number of fused-ring (bicyclic) bond motifs is 1. The van der Waals surface area contributed by atoms with Crippen LogP contribution in [0, 0.1) is 0 Å². The lowest BCUT2D eigenvalue weighted by Crippen LogP contribution is -2.14. The van der Waals surface area contributed by atoms with Gasteiger partial charge in [-0.15, -0.1) is 11.3 Å². The molecule has 3 aromatic rings.